The number of ether oxygens (including phenoxy) is 1. The van der Waals surface area contributed by atoms with Crippen molar-refractivity contribution in [2.45, 2.75) is 11.8 Å². The Hall–Kier alpha value is -1.06. The molecule has 0 saturated heterocycles. The summed E-state index contributed by atoms with van der Waals surface area (Å²) in [5, 5.41) is -0.160. The van der Waals surface area contributed by atoms with Gasteiger partial charge in [-0.05, 0) is 57.7 Å². The second-order valence-electron chi connectivity index (χ2n) is 4.19. The van der Waals surface area contributed by atoms with Crippen molar-refractivity contribution in [3.05, 3.63) is 63.9 Å². The van der Waals surface area contributed by atoms with Crippen LogP contribution < -0.4 is 4.74 Å². The van der Waals surface area contributed by atoms with E-state index in [0.29, 0.717) is 6.42 Å². The predicted molar refractivity (Wildman–Crippen MR) is 79.4 cm³/mol. The first-order valence-electron chi connectivity index (χ1n) is 5.82. The van der Waals surface area contributed by atoms with Gasteiger partial charge in [0.05, 0.1) is 17.0 Å². The van der Waals surface area contributed by atoms with Crippen molar-refractivity contribution in [3.8, 4) is 5.75 Å². The van der Waals surface area contributed by atoms with Gasteiger partial charge in [0.2, 0.25) is 0 Å². The van der Waals surface area contributed by atoms with Gasteiger partial charge in [0, 0.05) is 0 Å². The first-order chi connectivity index (χ1) is 9.10. The molecule has 0 radical (unpaired) electrons. The van der Waals surface area contributed by atoms with E-state index in [1.165, 1.54) is 12.1 Å². The summed E-state index contributed by atoms with van der Waals surface area (Å²) >= 11 is 9.83. The summed E-state index contributed by atoms with van der Waals surface area (Å²) in [6.07, 6.45) is 0.653. The van der Waals surface area contributed by atoms with Gasteiger partial charge in [0.1, 0.15) is 11.6 Å². The topological polar surface area (TPSA) is 9.23 Å². The predicted octanol–water partition coefficient (Wildman–Crippen LogP) is 5.12. The second-order valence-corrected chi connectivity index (χ2v) is 5.57. The van der Waals surface area contributed by atoms with Crippen molar-refractivity contribution in [3.63, 3.8) is 0 Å². The van der Waals surface area contributed by atoms with E-state index in [0.717, 1.165) is 21.3 Å². The Morgan fingerprint density at radius 1 is 1.21 bits per heavy atom. The van der Waals surface area contributed by atoms with Crippen LogP contribution in [0.2, 0.25) is 0 Å². The standard InChI is InChI=1S/C15H13BrClFO/c1-19-15-7-4-11(9-13(15)16)14(17)8-10-2-5-12(18)6-3-10/h2-7,9,14H,8H2,1H3. The third kappa shape index (κ3) is 3.71. The van der Waals surface area contributed by atoms with Crippen LogP contribution in [0.15, 0.2) is 46.9 Å². The van der Waals surface area contributed by atoms with E-state index < -0.39 is 0 Å². The molecule has 0 N–H and O–H groups in total. The fourth-order valence-corrected chi connectivity index (χ4v) is 2.70. The van der Waals surface area contributed by atoms with Crippen molar-refractivity contribution in [1.29, 1.82) is 0 Å². The van der Waals surface area contributed by atoms with E-state index in [-0.39, 0.29) is 11.2 Å². The molecule has 19 heavy (non-hydrogen) atoms. The Kier molecular flexibility index (Phi) is 4.83. The van der Waals surface area contributed by atoms with Gasteiger partial charge < -0.3 is 4.74 Å². The molecule has 1 nitrogen and oxygen atoms in total. The molecule has 0 aliphatic heterocycles. The molecule has 0 saturated carbocycles. The minimum absolute atomic E-state index is 0.160. The van der Waals surface area contributed by atoms with Crippen LogP contribution in [0.3, 0.4) is 0 Å². The molecule has 0 amide bonds. The molecule has 1 unspecified atom stereocenters. The molecule has 2 aromatic carbocycles. The number of hydrogen-bond donors (Lipinski definition) is 0. The van der Waals surface area contributed by atoms with Crippen LogP contribution in [-0.4, -0.2) is 7.11 Å². The zero-order valence-electron chi connectivity index (χ0n) is 10.4. The number of benzene rings is 2. The van der Waals surface area contributed by atoms with Crippen LogP contribution in [0.25, 0.3) is 0 Å². The molecule has 1 atom stereocenters. The maximum absolute atomic E-state index is 12.8. The smallest absolute Gasteiger partial charge is 0.133 e. The molecule has 0 fully saturated rings. The second kappa shape index (κ2) is 6.40. The van der Waals surface area contributed by atoms with Gasteiger partial charge in [0.15, 0.2) is 0 Å². The number of methoxy groups -OCH3 is 1. The van der Waals surface area contributed by atoms with E-state index in [1.54, 1.807) is 19.2 Å². The third-order valence-corrected chi connectivity index (χ3v) is 3.89. The third-order valence-electron chi connectivity index (χ3n) is 2.87. The first kappa shape index (κ1) is 14.4. The van der Waals surface area contributed by atoms with Crippen LogP contribution in [0.5, 0.6) is 5.75 Å². The monoisotopic (exact) mass is 342 g/mol. The quantitative estimate of drug-likeness (QED) is 0.700. The number of rotatable bonds is 4. The van der Waals surface area contributed by atoms with E-state index in [1.807, 2.05) is 18.2 Å². The maximum Gasteiger partial charge on any atom is 0.133 e. The SMILES string of the molecule is COc1ccc(C(Cl)Cc2ccc(F)cc2)cc1Br. The van der Waals surface area contributed by atoms with E-state index in [2.05, 4.69) is 15.9 Å². The lowest BCUT2D eigenvalue weighted by molar-refractivity contribution is 0.412. The van der Waals surface area contributed by atoms with Crippen molar-refractivity contribution >= 4 is 27.5 Å². The summed E-state index contributed by atoms with van der Waals surface area (Å²) in [7, 11) is 1.62. The normalized spacial score (nSPS) is 12.2. The van der Waals surface area contributed by atoms with Crippen molar-refractivity contribution in [2.75, 3.05) is 7.11 Å². The molecule has 0 aliphatic carbocycles. The number of alkyl halides is 1. The Labute approximate surface area is 125 Å². The lowest BCUT2D eigenvalue weighted by Crippen LogP contribution is -1.97. The highest BCUT2D eigenvalue weighted by Gasteiger charge is 2.11. The molecule has 0 bridgehead atoms. The average Bonchev–Trinajstić information content (AvgIpc) is 2.41. The van der Waals surface area contributed by atoms with Crippen molar-refractivity contribution in [1.82, 2.24) is 0 Å². The molecule has 0 aromatic heterocycles. The van der Waals surface area contributed by atoms with E-state index in [4.69, 9.17) is 16.3 Å². The molecular formula is C15H13BrClFO. The lowest BCUT2D eigenvalue weighted by atomic mass is 10.0. The minimum Gasteiger partial charge on any atom is -0.496 e. The van der Waals surface area contributed by atoms with E-state index in [9.17, 15) is 4.39 Å². The zero-order chi connectivity index (χ0) is 13.8. The van der Waals surface area contributed by atoms with Gasteiger partial charge in [-0.1, -0.05) is 18.2 Å². The largest absolute Gasteiger partial charge is 0.496 e. The molecule has 2 rings (SSSR count). The Bertz CT molecular complexity index is 557. The summed E-state index contributed by atoms with van der Waals surface area (Å²) in [6, 6.07) is 12.2. The first-order valence-corrected chi connectivity index (χ1v) is 7.05. The van der Waals surface area contributed by atoms with Crippen molar-refractivity contribution < 1.29 is 9.13 Å². The van der Waals surface area contributed by atoms with Gasteiger partial charge in [0.25, 0.3) is 0 Å². The van der Waals surface area contributed by atoms with Gasteiger partial charge in [-0.15, -0.1) is 11.6 Å². The molecule has 2 aromatic rings. The van der Waals surface area contributed by atoms with Gasteiger partial charge >= 0.3 is 0 Å². The van der Waals surface area contributed by atoms with Crippen LogP contribution in [0.4, 0.5) is 4.39 Å². The average molecular weight is 344 g/mol. The fraction of sp³-hybridized carbons (Fsp3) is 0.200. The highest BCUT2D eigenvalue weighted by Crippen LogP contribution is 2.32. The Morgan fingerprint density at radius 2 is 1.89 bits per heavy atom. The summed E-state index contributed by atoms with van der Waals surface area (Å²) in [5.41, 5.74) is 2.01. The van der Waals surface area contributed by atoms with Crippen LogP contribution in [-0.2, 0) is 6.42 Å². The highest BCUT2D eigenvalue weighted by atomic mass is 79.9. The lowest BCUT2D eigenvalue weighted by Gasteiger charge is -2.12. The summed E-state index contributed by atoms with van der Waals surface area (Å²) < 4.78 is 18.9. The Balaban J connectivity index is 2.13. The molecule has 4 heteroatoms. The van der Waals surface area contributed by atoms with Gasteiger partial charge in [-0.2, -0.15) is 0 Å². The highest BCUT2D eigenvalue weighted by molar-refractivity contribution is 9.10. The number of hydrogen-bond acceptors (Lipinski definition) is 1. The molecule has 0 aliphatic rings. The van der Waals surface area contributed by atoms with Crippen LogP contribution in [0, 0.1) is 5.82 Å². The molecule has 0 spiro atoms. The molecule has 100 valence electrons. The minimum atomic E-state index is -0.234. The van der Waals surface area contributed by atoms with Crippen molar-refractivity contribution in [2.24, 2.45) is 0 Å². The summed E-state index contributed by atoms with van der Waals surface area (Å²) in [4.78, 5) is 0. The summed E-state index contributed by atoms with van der Waals surface area (Å²) in [5.74, 6) is 0.538. The van der Waals surface area contributed by atoms with Gasteiger partial charge in [-0.3, -0.25) is 0 Å². The van der Waals surface area contributed by atoms with E-state index >= 15 is 0 Å². The van der Waals surface area contributed by atoms with Crippen LogP contribution >= 0.6 is 27.5 Å². The maximum atomic E-state index is 12.8. The number of halogens is 3. The van der Waals surface area contributed by atoms with Gasteiger partial charge in [-0.25, -0.2) is 4.39 Å². The van der Waals surface area contributed by atoms with Crippen LogP contribution in [0.1, 0.15) is 16.5 Å². The zero-order valence-corrected chi connectivity index (χ0v) is 12.7. The Morgan fingerprint density at radius 3 is 2.47 bits per heavy atom. The fourth-order valence-electron chi connectivity index (χ4n) is 1.82. The molecule has 0 heterocycles. The summed E-state index contributed by atoms with van der Waals surface area (Å²) in [6.45, 7) is 0. The molecular weight excluding hydrogens is 331 g/mol.